The van der Waals surface area contributed by atoms with Crippen LogP contribution in [0.3, 0.4) is 0 Å². The van der Waals surface area contributed by atoms with E-state index in [9.17, 15) is 15.0 Å². The maximum absolute atomic E-state index is 10.6. The van der Waals surface area contributed by atoms with Crippen molar-refractivity contribution in [3.8, 4) is 17.2 Å². The lowest BCUT2D eigenvalue weighted by Crippen LogP contribution is -2.19. The van der Waals surface area contributed by atoms with E-state index in [2.05, 4.69) is 5.32 Å². The van der Waals surface area contributed by atoms with Crippen molar-refractivity contribution in [1.82, 2.24) is 5.32 Å². The highest BCUT2D eigenvalue weighted by Gasteiger charge is 2.08. The molecule has 0 radical (unpaired) electrons. The Balaban J connectivity index is 2.74. The molecular formula is C11H13NO4. The second-order valence-corrected chi connectivity index (χ2v) is 3.21. The third-order valence-electron chi connectivity index (χ3n) is 1.93. The third kappa shape index (κ3) is 2.91. The van der Waals surface area contributed by atoms with E-state index in [1.54, 1.807) is 6.08 Å². The van der Waals surface area contributed by atoms with Crippen LogP contribution in [0.4, 0.5) is 0 Å². The van der Waals surface area contributed by atoms with Crippen molar-refractivity contribution in [2.45, 2.75) is 6.92 Å². The standard InChI is InChI=1S/C11H13NO4/c1-7(13)12-6-2-3-8-4-5-9(14)11(16)10(8)15/h2-5,14-16H,6H2,1H3,(H,12,13). The van der Waals surface area contributed by atoms with Gasteiger partial charge >= 0.3 is 0 Å². The summed E-state index contributed by atoms with van der Waals surface area (Å²) in [7, 11) is 0. The number of amides is 1. The van der Waals surface area contributed by atoms with E-state index in [0.29, 0.717) is 12.1 Å². The number of phenolic OH excluding ortho intramolecular Hbond substituents is 3. The minimum Gasteiger partial charge on any atom is -0.504 e. The SMILES string of the molecule is CC(=O)NCC=Cc1ccc(O)c(O)c1O. The van der Waals surface area contributed by atoms with Crippen LogP contribution < -0.4 is 5.32 Å². The Kier molecular flexibility index (Phi) is 3.77. The van der Waals surface area contributed by atoms with Crippen LogP contribution in [0, 0.1) is 0 Å². The van der Waals surface area contributed by atoms with Gasteiger partial charge in [-0.1, -0.05) is 12.2 Å². The number of rotatable bonds is 3. The molecule has 0 spiro atoms. The van der Waals surface area contributed by atoms with Crippen LogP contribution in [0.2, 0.25) is 0 Å². The minimum atomic E-state index is -0.554. The molecule has 0 atom stereocenters. The summed E-state index contributed by atoms with van der Waals surface area (Å²) in [6, 6.07) is 2.72. The molecule has 0 fully saturated rings. The number of hydrogen-bond donors (Lipinski definition) is 4. The van der Waals surface area contributed by atoms with Crippen LogP contribution in [-0.2, 0) is 4.79 Å². The van der Waals surface area contributed by atoms with Crippen molar-refractivity contribution in [1.29, 1.82) is 0 Å². The van der Waals surface area contributed by atoms with Gasteiger partial charge in [0, 0.05) is 19.0 Å². The van der Waals surface area contributed by atoms with Crippen molar-refractivity contribution in [3.63, 3.8) is 0 Å². The smallest absolute Gasteiger partial charge is 0.217 e. The van der Waals surface area contributed by atoms with Gasteiger partial charge in [-0.05, 0) is 12.1 Å². The number of hydrogen-bond acceptors (Lipinski definition) is 4. The molecule has 86 valence electrons. The Morgan fingerprint density at radius 2 is 2.00 bits per heavy atom. The average molecular weight is 223 g/mol. The lowest BCUT2D eigenvalue weighted by molar-refractivity contribution is -0.118. The summed E-state index contributed by atoms with van der Waals surface area (Å²) in [5.41, 5.74) is 0.362. The Morgan fingerprint density at radius 1 is 1.31 bits per heavy atom. The molecule has 0 unspecified atom stereocenters. The molecule has 0 bridgehead atoms. The number of carbonyl (C=O) groups excluding carboxylic acids is 1. The van der Waals surface area contributed by atoms with Crippen molar-refractivity contribution < 1.29 is 20.1 Å². The first kappa shape index (κ1) is 11.9. The summed E-state index contributed by atoms with van der Waals surface area (Å²) in [6.45, 7) is 1.73. The number of nitrogens with one attached hydrogen (secondary N) is 1. The van der Waals surface area contributed by atoms with E-state index >= 15 is 0 Å². The summed E-state index contributed by atoms with van der Waals surface area (Å²) >= 11 is 0. The number of benzene rings is 1. The summed E-state index contributed by atoms with van der Waals surface area (Å²) < 4.78 is 0. The maximum Gasteiger partial charge on any atom is 0.217 e. The lowest BCUT2D eigenvalue weighted by Gasteiger charge is -2.03. The predicted octanol–water partition coefficient (Wildman–Crippen LogP) is 0.953. The molecule has 5 nitrogen and oxygen atoms in total. The zero-order valence-electron chi connectivity index (χ0n) is 8.77. The van der Waals surface area contributed by atoms with Gasteiger partial charge in [0.2, 0.25) is 11.7 Å². The molecule has 0 aliphatic heterocycles. The van der Waals surface area contributed by atoms with Crippen molar-refractivity contribution in [3.05, 3.63) is 23.8 Å². The van der Waals surface area contributed by atoms with Gasteiger partial charge in [0.05, 0.1) is 0 Å². The van der Waals surface area contributed by atoms with Crippen molar-refractivity contribution >= 4 is 12.0 Å². The van der Waals surface area contributed by atoms with Crippen molar-refractivity contribution in [2.75, 3.05) is 6.54 Å². The van der Waals surface area contributed by atoms with Gasteiger partial charge in [0.15, 0.2) is 11.5 Å². The van der Waals surface area contributed by atoms with Gasteiger partial charge < -0.3 is 20.6 Å². The lowest BCUT2D eigenvalue weighted by atomic mass is 10.1. The highest BCUT2D eigenvalue weighted by molar-refractivity contribution is 5.73. The first-order valence-electron chi connectivity index (χ1n) is 4.67. The first-order valence-corrected chi connectivity index (χ1v) is 4.67. The fraction of sp³-hybridized carbons (Fsp3) is 0.182. The fourth-order valence-corrected chi connectivity index (χ4v) is 1.11. The Hall–Kier alpha value is -2.17. The molecule has 5 heteroatoms. The monoisotopic (exact) mass is 223 g/mol. The zero-order valence-corrected chi connectivity index (χ0v) is 8.77. The average Bonchev–Trinajstić information content (AvgIpc) is 2.23. The molecule has 0 aromatic heterocycles. The topological polar surface area (TPSA) is 89.8 Å². The van der Waals surface area contributed by atoms with Crippen LogP contribution >= 0.6 is 0 Å². The summed E-state index contributed by atoms with van der Waals surface area (Å²) in [5.74, 6) is -1.47. The normalized spacial score (nSPS) is 10.6. The van der Waals surface area contributed by atoms with Crippen LogP contribution in [0.25, 0.3) is 6.08 Å². The van der Waals surface area contributed by atoms with E-state index in [-0.39, 0.29) is 17.4 Å². The molecule has 16 heavy (non-hydrogen) atoms. The van der Waals surface area contributed by atoms with Gasteiger partial charge in [-0.3, -0.25) is 4.79 Å². The van der Waals surface area contributed by atoms with Gasteiger partial charge in [-0.25, -0.2) is 0 Å². The zero-order chi connectivity index (χ0) is 12.1. The first-order chi connectivity index (χ1) is 7.52. The van der Waals surface area contributed by atoms with Crippen LogP contribution in [0.5, 0.6) is 17.2 Å². The molecule has 0 saturated carbocycles. The summed E-state index contributed by atoms with van der Waals surface area (Å²) in [5, 5.41) is 30.3. The Bertz CT molecular complexity index is 426. The highest BCUT2D eigenvalue weighted by Crippen LogP contribution is 2.37. The highest BCUT2D eigenvalue weighted by atomic mass is 16.3. The third-order valence-corrected chi connectivity index (χ3v) is 1.93. The van der Waals surface area contributed by atoms with E-state index < -0.39 is 5.75 Å². The molecular weight excluding hydrogens is 210 g/mol. The molecule has 1 rings (SSSR count). The van der Waals surface area contributed by atoms with Crippen LogP contribution in [-0.4, -0.2) is 27.8 Å². The van der Waals surface area contributed by atoms with Gasteiger partial charge in [0.1, 0.15) is 0 Å². The Morgan fingerprint density at radius 3 is 2.62 bits per heavy atom. The fourth-order valence-electron chi connectivity index (χ4n) is 1.11. The quantitative estimate of drug-likeness (QED) is 0.574. The molecule has 4 N–H and O–H groups in total. The van der Waals surface area contributed by atoms with Crippen LogP contribution in [0.1, 0.15) is 12.5 Å². The maximum atomic E-state index is 10.6. The van der Waals surface area contributed by atoms with Gasteiger partial charge in [0.25, 0.3) is 0 Å². The molecule has 0 saturated heterocycles. The van der Waals surface area contributed by atoms with E-state index in [4.69, 9.17) is 5.11 Å². The number of phenols is 3. The minimum absolute atomic E-state index is 0.151. The molecule has 1 aromatic carbocycles. The summed E-state index contributed by atoms with van der Waals surface area (Å²) in [4.78, 5) is 10.6. The van der Waals surface area contributed by atoms with Crippen LogP contribution in [0.15, 0.2) is 18.2 Å². The van der Waals surface area contributed by atoms with Crippen molar-refractivity contribution in [2.24, 2.45) is 0 Å². The molecule has 0 aliphatic rings. The molecule has 0 aliphatic carbocycles. The summed E-state index contributed by atoms with van der Waals surface area (Å²) in [6.07, 6.45) is 3.15. The van der Waals surface area contributed by atoms with E-state index in [0.717, 1.165) is 0 Å². The van der Waals surface area contributed by atoms with E-state index in [1.165, 1.54) is 25.1 Å². The Labute approximate surface area is 92.7 Å². The van der Waals surface area contributed by atoms with Gasteiger partial charge in [-0.2, -0.15) is 0 Å². The number of aromatic hydroxyl groups is 3. The largest absolute Gasteiger partial charge is 0.504 e. The van der Waals surface area contributed by atoms with E-state index in [1.807, 2.05) is 0 Å². The predicted molar refractivity (Wildman–Crippen MR) is 59.2 cm³/mol. The molecule has 1 amide bonds. The molecule has 0 heterocycles. The van der Waals surface area contributed by atoms with Gasteiger partial charge in [-0.15, -0.1) is 0 Å². The number of carbonyl (C=O) groups is 1. The second kappa shape index (κ2) is 5.06. The second-order valence-electron chi connectivity index (χ2n) is 3.21. The molecule has 1 aromatic rings.